The summed E-state index contributed by atoms with van der Waals surface area (Å²) in [5.74, 6) is 1.24. The standard InChI is InChI=1S/C23H21ClN4O5S2/c1-30-17-11-13(10-14-20(25)28-22(26-21(14)29)35-27-23(28)34-3)12-18(31-2)19(17)33-9-8-32-16-7-5-4-6-15(16)24/h4-7,10-12,25H,8-9H2,1-3H3/b14-10-,25-20?. The van der Waals surface area contributed by atoms with Gasteiger partial charge in [0.15, 0.2) is 16.7 Å². The summed E-state index contributed by atoms with van der Waals surface area (Å²) in [6, 6.07) is 10.6. The number of para-hydroxylation sites is 1. The Morgan fingerprint density at radius 2 is 1.80 bits per heavy atom. The van der Waals surface area contributed by atoms with Crippen molar-refractivity contribution >= 4 is 63.5 Å². The molecule has 2 aliphatic rings. The van der Waals surface area contributed by atoms with Gasteiger partial charge in [-0.25, -0.2) is 4.90 Å². The van der Waals surface area contributed by atoms with Gasteiger partial charge in [-0.15, -0.1) is 0 Å². The van der Waals surface area contributed by atoms with Crippen molar-refractivity contribution in [1.82, 2.24) is 4.90 Å². The molecule has 2 aliphatic heterocycles. The number of carbonyl (C=O) groups excluding carboxylic acids is 1. The fourth-order valence-electron chi connectivity index (χ4n) is 3.28. The molecule has 35 heavy (non-hydrogen) atoms. The zero-order chi connectivity index (χ0) is 24.9. The SMILES string of the molecule is COc1cc(/C=C2/C(=N)N3C(SC)=NSC3=NC2=O)cc(OC)c1OCCOc1ccccc1Cl. The number of carbonyl (C=O) groups is 1. The third kappa shape index (κ3) is 5.26. The van der Waals surface area contributed by atoms with Crippen LogP contribution in [-0.4, -0.2) is 60.7 Å². The molecule has 182 valence electrons. The Morgan fingerprint density at radius 1 is 1.11 bits per heavy atom. The van der Waals surface area contributed by atoms with Crippen molar-refractivity contribution in [1.29, 1.82) is 5.41 Å². The summed E-state index contributed by atoms with van der Waals surface area (Å²) in [4.78, 5) is 18.3. The van der Waals surface area contributed by atoms with E-state index in [0.717, 1.165) is 11.9 Å². The second-order valence-corrected chi connectivity index (χ2v) is 8.90. The van der Waals surface area contributed by atoms with Gasteiger partial charge in [0.25, 0.3) is 5.91 Å². The lowest BCUT2D eigenvalue weighted by molar-refractivity contribution is -0.114. The number of hydrogen-bond donors (Lipinski definition) is 1. The molecule has 0 aliphatic carbocycles. The smallest absolute Gasteiger partial charge is 0.283 e. The van der Waals surface area contributed by atoms with Crippen LogP contribution in [0.5, 0.6) is 23.0 Å². The molecule has 12 heteroatoms. The summed E-state index contributed by atoms with van der Waals surface area (Å²) < 4.78 is 26.8. The van der Waals surface area contributed by atoms with E-state index >= 15 is 0 Å². The molecule has 0 spiro atoms. The summed E-state index contributed by atoms with van der Waals surface area (Å²) in [5, 5.41) is 10.0. The van der Waals surface area contributed by atoms with Crippen LogP contribution in [0.2, 0.25) is 5.02 Å². The summed E-state index contributed by atoms with van der Waals surface area (Å²) in [6.45, 7) is 0.462. The summed E-state index contributed by atoms with van der Waals surface area (Å²) in [6.07, 6.45) is 3.42. The minimum absolute atomic E-state index is 0.00748. The lowest BCUT2D eigenvalue weighted by atomic mass is 10.1. The number of methoxy groups -OCH3 is 2. The molecule has 9 nitrogen and oxygen atoms in total. The number of amidine groups is 3. The Bertz CT molecular complexity index is 1240. The lowest BCUT2D eigenvalue weighted by Gasteiger charge is -2.24. The highest BCUT2D eigenvalue weighted by Crippen LogP contribution is 2.40. The predicted molar refractivity (Wildman–Crippen MR) is 141 cm³/mol. The average molecular weight is 533 g/mol. The largest absolute Gasteiger partial charge is 0.493 e. The maximum atomic E-state index is 12.6. The Morgan fingerprint density at radius 3 is 2.46 bits per heavy atom. The lowest BCUT2D eigenvalue weighted by Crippen LogP contribution is -2.41. The van der Waals surface area contributed by atoms with E-state index in [4.69, 9.17) is 36.0 Å². The van der Waals surface area contributed by atoms with Crippen LogP contribution in [0.4, 0.5) is 0 Å². The van der Waals surface area contributed by atoms with Gasteiger partial charge in [0.2, 0.25) is 10.9 Å². The second-order valence-electron chi connectivity index (χ2n) is 6.99. The van der Waals surface area contributed by atoms with Crippen molar-refractivity contribution in [3.8, 4) is 23.0 Å². The normalized spacial score (nSPS) is 16.1. The van der Waals surface area contributed by atoms with Crippen LogP contribution in [0.15, 0.2) is 51.4 Å². The molecule has 0 saturated heterocycles. The number of nitrogens with zero attached hydrogens (tertiary/aromatic N) is 3. The van der Waals surface area contributed by atoms with Gasteiger partial charge >= 0.3 is 0 Å². The van der Waals surface area contributed by atoms with Crippen LogP contribution >= 0.6 is 35.3 Å². The van der Waals surface area contributed by atoms with Crippen LogP contribution in [0.3, 0.4) is 0 Å². The topological polar surface area (TPSA) is 106 Å². The molecule has 0 unspecified atom stereocenters. The van der Waals surface area contributed by atoms with Gasteiger partial charge in [-0.1, -0.05) is 35.5 Å². The van der Waals surface area contributed by atoms with E-state index in [-0.39, 0.29) is 24.6 Å². The summed E-state index contributed by atoms with van der Waals surface area (Å²) in [7, 11) is 3.01. The maximum absolute atomic E-state index is 12.6. The predicted octanol–water partition coefficient (Wildman–Crippen LogP) is 4.75. The van der Waals surface area contributed by atoms with Crippen LogP contribution in [-0.2, 0) is 4.79 Å². The Hall–Kier alpha value is -3.15. The summed E-state index contributed by atoms with van der Waals surface area (Å²) >= 11 is 8.56. The van der Waals surface area contributed by atoms with Crippen LogP contribution in [0.25, 0.3) is 6.08 Å². The highest BCUT2D eigenvalue weighted by atomic mass is 35.5. The van der Waals surface area contributed by atoms with Gasteiger partial charge in [-0.3, -0.25) is 10.2 Å². The minimum atomic E-state index is -0.513. The molecule has 0 saturated carbocycles. The number of nitrogens with one attached hydrogen (secondary N) is 1. The van der Waals surface area contributed by atoms with Crippen LogP contribution in [0, 0.1) is 5.41 Å². The first kappa shape index (κ1) is 25.0. The quantitative estimate of drug-likeness (QED) is 0.295. The molecule has 0 bridgehead atoms. The van der Waals surface area contributed by atoms with E-state index in [1.54, 1.807) is 35.2 Å². The Balaban J connectivity index is 1.54. The number of hydrogen-bond acceptors (Lipinski definition) is 9. The van der Waals surface area contributed by atoms with E-state index in [1.807, 2.05) is 18.4 Å². The van der Waals surface area contributed by atoms with Gasteiger partial charge in [-0.2, -0.15) is 9.39 Å². The highest BCUT2D eigenvalue weighted by Gasteiger charge is 2.37. The monoisotopic (exact) mass is 532 g/mol. The fourth-order valence-corrected chi connectivity index (χ4v) is 4.92. The van der Waals surface area contributed by atoms with Crippen molar-refractivity contribution in [2.75, 3.05) is 33.7 Å². The second kappa shape index (κ2) is 11.1. The van der Waals surface area contributed by atoms with Gasteiger partial charge in [0.1, 0.15) is 24.8 Å². The van der Waals surface area contributed by atoms with Crippen LogP contribution < -0.4 is 18.9 Å². The molecule has 0 fully saturated rings. The van der Waals surface area contributed by atoms with Crippen molar-refractivity contribution in [3.05, 3.63) is 52.6 Å². The fraction of sp³-hybridized carbons (Fsp3) is 0.217. The third-order valence-electron chi connectivity index (χ3n) is 4.89. The molecule has 0 radical (unpaired) electrons. The number of rotatable bonds is 8. The molecule has 2 aromatic rings. The number of aliphatic imine (C=N–C) groups is 1. The number of halogens is 1. The van der Waals surface area contributed by atoms with Gasteiger partial charge < -0.3 is 18.9 Å². The number of fused-ring (bicyclic) bond motifs is 1. The first-order valence-corrected chi connectivity index (χ1v) is 12.6. The minimum Gasteiger partial charge on any atom is -0.493 e. The average Bonchev–Trinajstić information content (AvgIpc) is 3.28. The molecule has 4 rings (SSSR count). The molecule has 1 N–H and O–H groups in total. The van der Waals surface area contributed by atoms with Gasteiger partial charge in [-0.05, 0) is 42.2 Å². The zero-order valence-corrected chi connectivity index (χ0v) is 21.4. The van der Waals surface area contributed by atoms with E-state index in [9.17, 15) is 4.79 Å². The number of amides is 1. The number of ether oxygens (including phenoxy) is 4. The van der Waals surface area contributed by atoms with Crippen molar-refractivity contribution in [3.63, 3.8) is 0 Å². The first-order valence-electron chi connectivity index (χ1n) is 10.3. The van der Waals surface area contributed by atoms with Crippen molar-refractivity contribution < 1.29 is 23.7 Å². The molecule has 1 amide bonds. The first-order chi connectivity index (χ1) is 17.0. The molecular weight excluding hydrogens is 512 g/mol. The number of thioether (sulfide) groups is 1. The molecule has 2 aromatic carbocycles. The van der Waals surface area contributed by atoms with Gasteiger partial charge in [0, 0.05) is 0 Å². The Labute approximate surface area is 215 Å². The molecular formula is C23H21ClN4O5S2. The number of benzene rings is 2. The molecule has 2 heterocycles. The van der Waals surface area contributed by atoms with E-state index in [2.05, 4.69) is 9.39 Å². The van der Waals surface area contributed by atoms with E-state index in [1.165, 1.54) is 26.0 Å². The zero-order valence-electron chi connectivity index (χ0n) is 19.0. The van der Waals surface area contributed by atoms with Crippen molar-refractivity contribution in [2.24, 2.45) is 9.39 Å². The van der Waals surface area contributed by atoms with Crippen LogP contribution in [0.1, 0.15) is 5.56 Å². The van der Waals surface area contributed by atoms with E-state index < -0.39 is 5.91 Å². The molecule has 0 atom stereocenters. The van der Waals surface area contributed by atoms with E-state index in [0.29, 0.717) is 43.9 Å². The summed E-state index contributed by atoms with van der Waals surface area (Å²) in [5.41, 5.74) is 0.712. The third-order valence-corrected chi connectivity index (χ3v) is 6.66. The Kier molecular flexibility index (Phi) is 7.89. The van der Waals surface area contributed by atoms with Gasteiger partial charge in [0.05, 0.1) is 36.8 Å². The maximum Gasteiger partial charge on any atom is 0.283 e. The highest BCUT2D eigenvalue weighted by molar-refractivity contribution is 8.18. The molecule has 0 aromatic heterocycles. The van der Waals surface area contributed by atoms with Crippen molar-refractivity contribution in [2.45, 2.75) is 0 Å².